The second kappa shape index (κ2) is 6.78. The Kier molecular flexibility index (Phi) is 4.81. The number of nitrogens with one attached hydrogen (secondary N) is 1. The van der Waals surface area contributed by atoms with Crippen LogP contribution in [0.15, 0.2) is 42.5 Å². The van der Waals surface area contributed by atoms with Crippen LogP contribution in [0.25, 0.3) is 0 Å². The quantitative estimate of drug-likeness (QED) is 0.939. The van der Waals surface area contributed by atoms with E-state index in [9.17, 15) is 4.79 Å². The first-order valence-corrected chi connectivity index (χ1v) is 6.66. The number of aryl methyl sites for hydroxylation is 1. The zero-order valence-electron chi connectivity index (χ0n) is 11.4. The molecule has 0 radical (unpaired) electrons. The third kappa shape index (κ3) is 3.98. The highest BCUT2D eigenvalue weighted by Gasteiger charge is 2.08. The second-order valence-electron chi connectivity index (χ2n) is 4.43. The van der Waals surface area contributed by atoms with Gasteiger partial charge < -0.3 is 10.1 Å². The van der Waals surface area contributed by atoms with Crippen LogP contribution in [0.3, 0.4) is 0 Å². The summed E-state index contributed by atoms with van der Waals surface area (Å²) in [5.74, 6) is 0.0404. The Balaban J connectivity index is 1.98. The van der Waals surface area contributed by atoms with E-state index in [0.29, 0.717) is 22.0 Å². The average molecular weight is 301 g/mol. The Morgan fingerprint density at radius 2 is 2.10 bits per heavy atom. The van der Waals surface area contributed by atoms with Crippen LogP contribution in [0.2, 0.25) is 5.02 Å². The van der Waals surface area contributed by atoms with Crippen molar-refractivity contribution in [2.75, 3.05) is 11.9 Å². The minimum absolute atomic E-state index is 0.192. The van der Waals surface area contributed by atoms with E-state index in [-0.39, 0.29) is 12.5 Å². The van der Waals surface area contributed by atoms with Crippen molar-refractivity contribution >= 4 is 23.2 Å². The molecule has 2 rings (SSSR count). The molecule has 21 heavy (non-hydrogen) atoms. The van der Waals surface area contributed by atoms with Gasteiger partial charge in [-0.3, -0.25) is 4.79 Å². The molecule has 106 valence electrons. The fraction of sp³-hybridized carbons (Fsp3) is 0.125. The number of amides is 1. The molecule has 2 aromatic rings. The molecule has 0 aliphatic heterocycles. The lowest BCUT2D eigenvalue weighted by Gasteiger charge is -2.10. The number of para-hydroxylation sites is 1. The number of rotatable bonds is 4. The molecule has 0 saturated heterocycles. The number of carbonyl (C=O) groups is 1. The largest absolute Gasteiger partial charge is 0.482 e. The second-order valence-corrected chi connectivity index (χ2v) is 4.84. The van der Waals surface area contributed by atoms with Gasteiger partial charge >= 0.3 is 0 Å². The molecule has 0 atom stereocenters. The monoisotopic (exact) mass is 300 g/mol. The maximum Gasteiger partial charge on any atom is 0.262 e. The highest BCUT2D eigenvalue weighted by atomic mass is 35.5. The van der Waals surface area contributed by atoms with Crippen molar-refractivity contribution < 1.29 is 9.53 Å². The Morgan fingerprint density at radius 1 is 1.33 bits per heavy atom. The van der Waals surface area contributed by atoms with Crippen LogP contribution in [0.1, 0.15) is 11.1 Å². The van der Waals surface area contributed by atoms with E-state index < -0.39 is 0 Å². The zero-order chi connectivity index (χ0) is 15.2. The summed E-state index contributed by atoms with van der Waals surface area (Å²) in [5, 5.41) is 12.1. The van der Waals surface area contributed by atoms with Crippen molar-refractivity contribution in [2.45, 2.75) is 6.92 Å². The number of halogens is 1. The summed E-state index contributed by atoms with van der Waals surface area (Å²) in [6.45, 7) is 1.72. The summed E-state index contributed by atoms with van der Waals surface area (Å²) >= 11 is 6.04. The first-order valence-electron chi connectivity index (χ1n) is 6.28. The van der Waals surface area contributed by atoms with Gasteiger partial charge in [-0.1, -0.05) is 29.8 Å². The normalized spacial score (nSPS) is 9.76. The lowest BCUT2D eigenvalue weighted by Crippen LogP contribution is -2.20. The van der Waals surface area contributed by atoms with Crippen molar-refractivity contribution in [3.63, 3.8) is 0 Å². The van der Waals surface area contributed by atoms with Crippen molar-refractivity contribution in [3.05, 3.63) is 58.6 Å². The van der Waals surface area contributed by atoms with E-state index in [2.05, 4.69) is 5.32 Å². The van der Waals surface area contributed by atoms with Gasteiger partial charge in [0.2, 0.25) is 0 Å². The molecule has 0 fully saturated rings. The van der Waals surface area contributed by atoms with Crippen molar-refractivity contribution in [3.8, 4) is 11.8 Å². The number of hydrogen-bond donors (Lipinski definition) is 1. The predicted molar refractivity (Wildman–Crippen MR) is 81.5 cm³/mol. The molecule has 4 nitrogen and oxygen atoms in total. The molecule has 0 aromatic heterocycles. The van der Waals surface area contributed by atoms with Gasteiger partial charge in [-0.2, -0.15) is 5.26 Å². The molecule has 1 amide bonds. The lowest BCUT2D eigenvalue weighted by atomic mass is 10.2. The Labute approximate surface area is 127 Å². The Morgan fingerprint density at radius 3 is 2.81 bits per heavy atom. The number of hydrogen-bond acceptors (Lipinski definition) is 3. The van der Waals surface area contributed by atoms with E-state index in [1.165, 1.54) is 0 Å². The van der Waals surface area contributed by atoms with Crippen molar-refractivity contribution in [2.24, 2.45) is 0 Å². The number of nitrogens with zero attached hydrogens (tertiary/aromatic N) is 1. The van der Waals surface area contributed by atoms with Crippen molar-refractivity contribution in [1.29, 1.82) is 5.26 Å². The smallest absolute Gasteiger partial charge is 0.262 e. The van der Waals surface area contributed by atoms with E-state index in [0.717, 1.165) is 5.56 Å². The molecule has 0 heterocycles. The molecule has 0 bridgehead atoms. The number of benzene rings is 2. The minimum atomic E-state index is -0.339. The summed E-state index contributed by atoms with van der Waals surface area (Å²) in [7, 11) is 0. The topological polar surface area (TPSA) is 62.1 Å². The van der Waals surface area contributed by atoms with Crippen molar-refractivity contribution in [1.82, 2.24) is 0 Å². The predicted octanol–water partition coefficient (Wildman–Crippen LogP) is 3.54. The van der Waals surface area contributed by atoms with Gasteiger partial charge in [0, 0.05) is 0 Å². The molecular weight excluding hydrogens is 288 g/mol. The van der Waals surface area contributed by atoms with E-state index in [1.54, 1.807) is 36.4 Å². The maximum absolute atomic E-state index is 11.8. The first-order chi connectivity index (χ1) is 10.1. The molecule has 5 heteroatoms. The van der Waals surface area contributed by atoms with Crippen LogP contribution >= 0.6 is 11.6 Å². The van der Waals surface area contributed by atoms with Crippen LogP contribution in [0, 0.1) is 18.3 Å². The third-order valence-electron chi connectivity index (χ3n) is 2.76. The van der Waals surface area contributed by atoms with Gasteiger partial charge in [-0.05, 0) is 36.8 Å². The van der Waals surface area contributed by atoms with Gasteiger partial charge in [0.15, 0.2) is 6.61 Å². The molecule has 0 aliphatic carbocycles. The summed E-state index contributed by atoms with van der Waals surface area (Å²) < 4.78 is 5.35. The van der Waals surface area contributed by atoms with Gasteiger partial charge in [0.05, 0.1) is 16.3 Å². The Hall–Kier alpha value is -2.51. The summed E-state index contributed by atoms with van der Waals surface area (Å²) in [4.78, 5) is 11.8. The van der Waals surface area contributed by atoms with Gasteiger partial charge in [-0.25, -0.2) is 0 Å². The number of anilines is 1. The summed E-state index contributed by atoms with van der Waals surface area (Å²) in [6.07, 6.45) is 0. The van der Waals surface area contributed by atoms with Gasteiger partial charge in [0.1, 0.15) is 11.8 Å². The van der Waals surface area contributed by atoms with Crippen LogP contribution in [0.4, 0.5) is 5.69 Å². The van der Waals surface area contributed by atoms with Crippen LogP contribution in [-0.4, -0.2) is 12.5 Å². The standard InChI is InChI=1S/C16H13ClN2O2/c1-11-6-7-14(13(17)8-11)19-16(20)10-21-15-5-3-2-4-12(15)9-18/h2-8H,10H2,1H3,(H,19,20). The van der Waals surface area contributed by atoms with E-state index >= 15 is 0 Å². The summed E-state index contributed by atoms with van der Waals surface area (Å²) in [5.41, 5.74) is 1.93. The number of ether oxygens (including phenoxy) is 1. The molecule has 0 spiro atoms. The molecule has 0 saturated carbocycles. The fourth-order valence-corrected chi connectivity index (χ4v) is 2.02. The lowest BCUT2D eigenvalue weighted by molar-refractivity contribution is -0.118. The zero-order valence-corrected chi connectivity index (χ0v) is 12.1. The van der Waals surface area contributed by atoms with E-state index in [1.807, 2.05) is 19.1 Å². The van der Waals surface area contributed by atoms with Gasteiger partial charge in [0.25, 0.3) is 5.91 Å². The van der Waals surface area contributed by atoms with E-state index in [4.69, 9.17) is 21.6 Å². The molecule has 0 unspecified atom stereocenters. The molecule has 1 N–H and O–H groups in total. The third-order valence-corrected chi connectivity index (χ3v) is 3.08. The average Bonchev–Trinajstić information content (AvgIpc) is 2.48. The number of carbonyl (C=O) groups excluding carboxylic acids is 1. The SMILES string of the molecule is Cc1ccc(NC(=O)COc2ccccc2C#N)c(Cl)c1. The van der Waals surface area contributed by atoms with Crippen LogP contribution < -0.4 is 10.1 Å². The summed E-state index contributed by atoms with van der Waals surface area (Å²) in [6, 6.07) is 14.1. The maximum atomic E-state index is 11.8. The highest BCUT2D eigenvalue weighted by molar-refractivity contribution is 6.33. The fourth-order valence-electron chi connectivity index (χ4n) is 1.74. The van der Waals surface area contributed by atoms with Crippen LogP contribution in [0.5, 0.6) is 5.75 Å². The van der Waals surface area contributed by atoms with Crippen LogP contribution in [-0.2, 0) is 4.79 Å². The molecule has 2 aromatic carbocycles. The number of nitriles is 1. The highest BCUT2D eigenvalue weighted by Crippen LogP contribution is 2.22. The van der Waals surface area contributed by atoms with Gasteiger partial charge in [-0.15, -0.1) is 0 Å². The minimum Gasteiger partial charge on any atom is -0.482 e. The molecule has 0 aliphatic rings. The Bertz CT molecular complexity index is 708. The first kappa shape index (κ1) is 14.9. The molecular formula is C16H13ClN2O2.